The van der Waals surface area contributed by atoms with E-state index in [2.05, 4.69) is 27.9 Å². The normalized spacial score (nSPS) is 19.4. The SMILES string of the molecule is CN=C(NCCNC(=O)c1ccc(OC)cc1)NCC1(C)CCCO1.I. The van der Waals surface area contributed by atoms with Crippen molar-refractivity contribution in [3.63, 3.8) is 0 Å². The quantitative estimate of drug-likeness (QED) is 0.242. The Kier molecular flexibility index (Phi) is 9.71. The van der Waals surface area contributed by atoms with Crippen LogP contribution in [0.15, 0.2) is 29.3 Å². The van der Waals surface area contributed by atoms with E-state index in [1.165, 1.54) is 0 Å². The van der Waals surface area contributed by atoms with E-state index in [0.29, 0.717) is 31.2 Å². The maximum Gasteiger partial charge on any atom is 0.251 e. The highest BCUT2D eigenvalue weighted by Crippen LogP contribution is 2.23. The molecule has 0 aliphatic carbocycles. The minimum atomic E-state index is -0.125. The van der Waals surface area contributed by atoms with Crippen molar-refractivity contribution < 1.29 is 14.3 Å². The number of nitrogens with one attached hydrogen (secondary N) is 3. The molecule has 0 spiro atoms. The first-order chi connectivity index (χ1) is 12.1. The van der Waals surface area contributed by atoms with E-state index in [0.717, 1.165) is 25.2 Å². The molecule has 8 heteroatoms. The molecule has 1 saturated heterocycles. The summed E-state index contributed by atoms with van der Waals surface area (Å²) in [5.74, 6) is 1.32. The van der Waals surface area contributed by atoms with E-state index >= 15 is 0 Å². The molecule has 1 aliphatic rings. The fraction of sp³-hybridized carbons (Fsp3) is 0.556. The predicted octanol–water partition coefficient (Wildman–Crippen LogP) is 1.78. The Hall–Kier alpha value is -1.55. The lowest BCUT2D eigenvalue weighted by Gasteiger charge is -2.24. The lowest BCUT2D eigenvalue weighted by atomic mass is 10.0. The summed E-state index contributed by atoms with van der Waals surface area (Å²) in [6.07, 6.45) is 2.15. The van der Waals surface area contributed by atoms with Crippen molar-refractivity contribution in [1.29, 1.82) is 0 Å². The molecule has 26 heavy (non-hydrogen) atoms. The van der Waals surface area contributed by atoms with Gasteiger partial charge < -0.3 is 25.4 Å². The lowest BCUT2D eigenvalue weighted by molar-refractivity contribution is 0.0243. The maximum absolute atomic E-state index is 12.1. The van der Waals surface area contributed by atoms with Gasteiger partial charge in [-0.15, -0.1) is 24.0 Å². The van der Waals surface area contributed by atoms with E-state index in [-0.39, 0.29) is 35.5 Å². The van der Waals surface area contributed by atoms with Gasteiger partial charge in [0.25, 0.3) is 5.91 Å². The predicted molar refractivity (Wildman–Crippen MR) is 114 cm³/mol. The van der Waals surface area contributed by atoms with Gasteiger partial charge in [-0.05, 0) is 44.0 Å². The van der Waals surface area contributed by atoms with E-state index < -0.39 is 0 Å². The molecule has 1 amide bonds. The van der Waals surface area contributed by atoms with Gasteiger partial charge in [-0.1, -0.05) is 0 Å². The molecule has 1 aromatic rings. The van der Waals surface area contributed by atoms with Crippen LogP contribution < -0.4 is 20.7 Å². The van der Waals surface area contributed by atoms with Gasteiger partial charge in [-0.2, -0.15) is 0 Å². The first-order valence-electron chi connectivity index (χ1n) is 8.57. The third-order valence-electron chi connectivity index (χ3n) is 4.21. The van der Waals surface area contributed by atoms with Crippen LogP contribution in [-0.4, -0.2) is 57.9 Å². The van der Waals surface area contributed by atoms with Crippen molar-refractivity contribution in [1.82, 2.24) is 16.0 Å². The summed E-state index contributed by atoms with van der Waals surface area (Å²) in [6.45, 7) is 4.72. The summed E-state index contributed by atoms with van der Waals surface area (Å²) < 4.78 is 10.8. The maximum atomic E-state index is 12.1. The Bertz CT molecular complexity index is 587. The van der Waals surface area contributed by atoms with Crippen LogP contribution in [0.2, 0.25) is 0 Å². The topological polar surface area (TPSA) is 84.0 Å². The first kappa shape index (κ1) is 22.5. The summed E-state index contributed by atoms with van der Waals surface area (Å²) in [5.41, 5.74) is 0.481. The Labute approximate surface area is 172 Å². The van der Waals surface area contributed by atoms with Crippen molar-refractivity contribution in [3.8, 4) is 5.75 Å². The van der Waals surface area contributed by atoms with Crippen molar-refractivity contribution >= 4 is 35.8 Å². The molecule has 0 aromatic heterocycles. The number of aliphatic imine (C=N–C) groups is 1. The van der Waals surface area contributed by atoms with Crippen molar-refractivity contribution in [2.45, 2.75) is 25.4 Å². The average molecular weight is 476 g/mol. The summed E-state index contributed by atoms with van der Waals surface area (Å²) in [4.78, 5) is 16.2. The van der Waals surface area contributed by atoms with E-state index in [9.17, 15) is 4.79 Å². The third kappa shape index (κ3) is 6.99. The van der Waals surface area contributed by atoms with Crippen LogP contribution in [0, 0.1) is 0 Å². The Morgan fingerprint density at radius 2 is 1.92 bits per heavy atom. The number of methoxy groups -OCH3 is 1. The molecule has 146 valence electrons. The second kappa shape index (κ2) is 11.2. The number of benzene rings is 1. The molecule has 1 unspecified atom stereocenters. The molecule has 7 nitrogen and oxygen atoms in total. The molecule has 1 atom stereocenters. The molecule has 0 radical (unpaired) electrons. The standard InChI is InChI=1S/C18H28N4O3.HI/c1-18(9-4-12-25-18)13-22-17(19-2)21-11-10-20-16(23)14-5-7-15(24-3)8-6-14;/h5-8H,4,9-13H2,1-3H3,(H,20,23)(H2,19,21,22);1H. The van der Waals surface area contributed by atoms with Gasteiger partial charge in [0.2, 0.25) is 0 Å². The zero-order valence-corrected chi connectivity index (χ0v) is 18.0. The van der Waals surface area contributed by atoms with Gasteiger partial charge in [-0.3, -0.25) is 9.79 Å². The summed E-state index contributed by atoms with van der Waals surface area (Å²) >= 11 is 0. The number of guanidine groups is 1. The van der Waals surface area contributed by atoms with Gasteiger partial charge in [-0.25, -0.2) is 0 Å². The Morgan fingerprint density at radius 3 is 2.50 bits per heavy atom. The van der Waals surface area contributed by atoms with Gasteiger partial charge in [0.05, 0.1) is 12.7 Å². The zero-order chi connectivity index (χ0) is 18.1. The van der Waals surface area contributed by atoms with Crippen LogP contribution in [0.25, 0.3) is 0 Å². The Morgan fingerprint density at radius 1 is 1.23 bits per heavy atom. The largest absolute Gasteiger partial charge is 0.497 e. The van der Waals surface area contributed by atoms with Crippen molar-refractivity contribution in [2.75, 3.05) is 40.4 Å². The molecule has 2 rings (SSSR count). The van der Waals surface area contributed by atoms with Crippen molar-refractivity contribution in [2.24, 2.45) is 4.99 Å². The van der Waals surface area contributed by atoms with Gasteiger partial charge in [0.15, 0.2) is 5.96 Å². The zero-order valence-electron chi connectivity index (χ0n) is 15.6. The highest BCUT2D eigenvalue weighted by atomic mass is 127. The smallest absolute Gasteiger partial charge is 0.251 e. The average Bonchev–Trinajstić information content (AvgIpc) is 3.07. The monoisotopic (exact) mass is 476 g/mol. The number of carbonyl (C=O) groups excluding carboxylic acids is 1. The molecule has 3 N–H and O–H groups in total. The lowest BCUT2D eigenvalue weighted by Crippen LogP contribution is -2.47. The van der Waals surface area contributed by atoms with Gasteiger partial charge >= 0.3 is 0 Å². The van der Waals surface area contributed by atoms with E-state index in [4.69, 9.17) is 9.47 Å². The van der Waals surface area contributed by atoms with Crippen LogP contribution in [0.3, 0.4) is 0 Å². The number of carbonyl (C=O) groups is 1. The molecule has 1 fully saturated rings. The summed E-state index contributed by atoms with van der Waals surface area (Å²) in [5, 5.41) is 9.33. The molecule has 0 bridgehead atoms. The minimum Gasteiger partial charge on any atom is -0.497 e. The summed E-state index contributed by atoms with van der Waals surface area (Å²) in [7, 11) is 3.32. The highest BCUT2D eigenvalue weighted by Gasteiger charge is 2.29. The fourth-order valence-corrected chi connectivity index (χ4v) is 2.67. The van der Waals surface area contributed by atoms with E-state index in [1.54, 1.807) is 38.4 Å². The number of hydrogen-bond donors (Lipinski definition) is 3. The molecule has 1 heterocycles. The number of hydrogen-bond acceptors (Lipinski definition) is 4. The molecular formula is C18H29IN4O3. The fourth-order valence-electron chi connectivity index (χ4n) is 2.67. The van der Waals surface area contributed by atoms with Crippen LogP contribution in [0.4, 0.5) is 0 Å². The first-order valence-corrected chi connectivity index (χ1v) is 8.57. The van der Waals surface area contributed by atoms with Crippen molar-refractivity contribution in [3.05, 3.63) is 29.8 Å². The van der Waals surface area contributed by atoms with Crippen LogP contribution in [-0.2, 0) is 4.74 Å². The highest BCUT2D eigenvalue weighted by molar-refractivity contribution is 14.0. The number of amides is 1. The second-order valence-electron chi connectivity index (χ2n) is 6.24. The molecule has 1 aliphatic heterocycles. The van der Waals surface area contributed by atoms with E-state index in [1.807, 2.05) is 0 Å². The van der Waals surface area contributed by atoms with Crippen LogP contribution in [0.5, 0.6) is 5.75 Å². The van der Waals surface area contributed by atoms with Crippen LogP contribution >= 0.6 is 24.0 Å². The second-order valence-corrected chi connectivity index (χ2v) is 6.24. The number of rotatable bonds is 7. The molecular weight excluding hydrogens is 447 g/mol. The third-order valence-corrected chi connectivity index (χ3v) is 4.21. The minimum absolute atomic E-state index is 0. The number of ether oxygens (including phenoxy) is 2. The number of nitrogens with zero attached hydrogens (tertiary/aromatic N) is 1. The van der Waals surface area contributed by atoms with Gasteiger partial charge in [0.1, 0.15) is 5.75 Å². The Balaban J connectivity index is 0.00000338. The number of halogens is 1. The van der Waals surface area contributed by atoms with Gasteiger partial charge in [0, 0.05) is 38.9 Å². The van der Waals surface area contributed by atoms with Crippen LogP contribution in [0.1, 0.15) is 30.1 Å². The molecule has 1 aromatic carbocycles. The summed E-state index contributed by atoms with van der Waals surface area (Å²) in [6, 6.07) is 7.02. The molecule has 0 saturated carbocycles.